The molecule has 1 aromatic carbocycles. The lowest BCUT2D eigenvalue weighted by molar-refractivity contribution is -0.384. The van der Waals surface area contributed by atoms with Gasteiger partial charge in [0.15, 0.2) is 0 Å². The minimum Gasteiger partial charge on any atom is -0.340 e. The zero-order chi connectivity index (χ0) is 13.7. The Morgan fingerprint density at radius 1 is 1.53 bits per heavy atom. The number of hydrogen-bond acceptors (Lipinski definition) is 4. The third kappa shape index (κ3) is 5.02. The van der Waals surface area contributed by atoms with Crippen LogP contribution in [0.2, 0.25) is 5.02 Å². The number of non-ortho nitro benzene ring substituents is 1. The Kier molecular flexibility index (Phi) is 7.36. The summed E-state index contributed by atoms with van der Waals surface area (Å²) in [6.45, 7) is 0.448. The van der Waals surface area contributed by atoms with Crippen LogP contribution in [0.25, 0.3) is 0 Å². The molecule has 1 rings (SSSR count). The number of nitrogens with one attached hydrogen (secondary N) is 1. The molecular weight excluding hydrogens is 293 g/mol. The van der Waals surface area contributed by atoms with Crippen LogP contribution in [0.1, 0.15) is 5.56 Å². The molecule has 0 aliphatic carbocycles. The first-order chi connectivity index (χ1) is 8.45. The average Bonchev–Trinajstić information content (AvgIpc) is 2.31. The van der Waals surface area contributed by atoms with Crippen LogP contribution in [0.15, 0.2) is 18.2 Å². The third-order valence-electron chi connectivity index (χ3n) is 2.40. The van der Waals surface area contributed by atoms with Crippen molar-refractivity contribution in [3.05, 3.63) is 38.9 Å². The first-order valence-electron chi connectivity index (χ1n) is 5.27. The molecule has 0 aromatic heterocycles. The molecule has 19 heavy (non-hydrogen) atoms. The predicted molar refractivity (Wildman–Crippen MR) is 75.8 cm³/mol. The van der Waals surface area contributed by atoms with E-state index in [1.807, 2.05) is 0 Å². The highest BCUT2D eigenvalue weighted by atomic mass is 35.5. The minimum absolute atomic E-state index is 0. The summed E-state index contributed by atoms with van der Waals surface area (Å²) in [6.07, 6.45) is 0. The number of nitrogens with zero attached hydrogens (tertiary/aromatic N) is 2. The summed E-state index contributed by atoms with van der Waals surface area (Å²) in [5.41, 5.74) is 0.515. The van der Waals surface area contributed by atoms with Crippen molar-refractivity contribution in [1.29, 1.82) is 0 Å². The first kappa shape index (κ1) is 17.6. The van der Waals surface area contributed by atoms with Gasteiger partial charge in [-0.2, -0.15) is 0 Å². The van der Waals surface area contributed by atoms with Gasteiger partial charge in [0.05, 0.1) is 11.5 Å². The van der Waals surface area contributed by atoms with E-state index in [-0.39, 0.29) is 37.1 Å². The van der Waals surface area contributed by atoms with Gasteiger partial charge in [0, 0.05) is 30.7 Å². The Hall–Kier alpha value is -1.37. The summed E-state index contributed by atoms with van der Waals surface area (Å²) in [4.78, 5) is 23.2. The zero-order valence-corrected chi connectivity index (χ0v) is 12.1. The molecule has 1 N–H and O–H groups in total. The molecular formula is C11H15Cl2N3O3. The maximum atomic E-state index is 11.6. The van der Waals surface area contributed by atoms with Gasteiger partial charge in [-0.1, -0.05) is 11.6 Å². The summed E-state index contributed by atoms with van der Waals surface area (Å²) in [6, 6.07) is 4.18. The summed E-state index contributed by atoms with van der Waals surface area (Å²) < 4.78 is 0. The number of hydrogen-bond donors (Lipinski definition) is 1. The molecule has 6 nitrogen and oxygen atoms in total. The molecule has 0 aliphatic heterocycles. The smallest absolute Gasteiger partial charge is 0.269 e. The van der Waals surface area contributed by atoms with Crippen LogP contribution in [-0.2, 0) is 11.3 Å². The van der Waals surface area contributed by atoms with Crippen LogP contribution in [0.4, 0.5) is 5.69 Å². The number of rotatable bonds is 5. The van der Waals surface area contributed by atoms with Crippen molar-refractivity contribution in [1.82, 2.24) is 10.2 Å². The van der Waals surface area contributed by atoms with Crippen LogP contribution in [0.3, 0.4) is 0 Å². The van der Waals surface area contributed by atoms with E-state index < -0.39 is 4.92 Å². The van der Waals surface area contributed by atoms with Crippen LogP contribution < -0.4 is 5.32 Å². The third-order valence-corrected chi connectivity index (χ3v) is 2.77. The van der Waals surface area contributed by atoms with E-state index in [4.69, 9.17) is 11.6 Å². The number of carbonyl (C=O) groups excluding carboxylic acids is 1. The van der Waals surface area contributed by atoms with Crippen LogP contribution in [-0.4, -0.2) is 36.4 Å². The van der Waals surface area contributed by atoms with Crippen molar-refractivity contribution in [3.8, 4) is 0 Å². The molecule has 0 unspecified atom stereocenters. The molecule has 0 aliphatic rings. The van der Waals surface area contributed by atoms with Crippen molar-refractivity contribution in [2.45, 2.75) is 6.54 Å². The van der Waals surface area contributed by atoms with E-state index in [1.54, 1.807) is 14.1 Å². The number of amides is 1. The van der Waals surface area contributed by atoms with Gasteiger partial charge < -0.3 is 10.2 Å². The molecule has 1 aromatic rings. The Balaban J connectivity index is 0.00000324. The summed E-state index contributed by atoms with van der Waals surface area (Å²) >= 11 is 5.95. The average molecular weight is 308 g/mol. The molecule has 0 saturated carbocycles. The molecule has 0 bridgehead atoms. The van der Waals surface area contributed by atoms with Crippen LogP contribution in [0, 0.1) is 10.1 Å². The van der Waals surface area contributed by atoms with Crippen molar-refractivity contribution in [3.63, 3.8) is 0 Å². The van der Waals surface area contributed by atoms with Crippen molar-refractivity contribution in [2.75, 3.05) is 20.6 Å². The second-order valence-corrected chi connectivity index (χ2v) is 4.22. The minimum atomic E-state index is -0.491. The molecule has 1 amide bonds. The monoisotopic (exact) mass is 307 g/mol. The van der Waals surface area contributed by atoms with E-state index in [0.29, 0.717) is 10.6 Å². The highest BCUT2D eigenvalue weighted by Gasteiger charge is 2.13. The molecule has 106 valence electrons. The maximum Gasteiger partial charge on any atom is 0.269 e. The highest BCUT2D eigenvalue weighted by Crippen LogP contribution is 2.23. The van der Waals surface area contributed by atoms with Gasteiger partial charge in [0.2, 0.25) is 5.91 Å². The summed E-state index contributed by atoms with van der Waals surface area (Å²) in [5, 5.41) is 13.8. The Morgan fingerprint density at radius 2 is 2.16 bits per heavy atom. The maximum absolute atomic E-state index is 11.6. The van der Waals surface area contributed by atoms with Crippen LogP contribution >= 0.6 is 24.0 Å². The Morgan fingerprint density at radius 3 is 2.68 bits per heavy atom. The Bertz CT molecular complexity index is 468. The van der Waals surface area contributed by atoms with Crippen molar-refractivity contribution >= 4 is 35.6 Å². The summed E-state index contributed by atoms with van der Waals surface area (Å²) in [5.74, 6) is -0.111. The fraction of sp³-hybridized carbons (Fsp3) is 0.364. The zero-order valence-electron chi connectivity index (χ0n) is 10.6. The van der Waals surface area contributed by atoms with Crippen molar-refractivity contribution in [2.24, 2.45) is 0 Å². The molecule has 0 heterocycles. The molecule has 8 heteroatoms. The lowest BCUT2D eigenvalue weighted by atomic mass is 10.2. The number of nitro benzene ring substituents is 1. The standard InChI is InChI=1S/C11H14ClN3O3.ClH/c1-13-6-11(16)14(2)7-8-5-9(15(17)18)3-4-10(8)12;/h3-5,13H,6-7H2,1-2H3;1H. The van der Waals surface area contributed by atoms with Gasteiger partial charge in [-0.25, -0.2) is 0 Å². The highest BCUT2D eigenvalue weighted by molar-refractivity contribution is 6.31. The van der Waals surface area contributed by atoms with Gasteiger partial charge in [0.1, 0.15) is 0 Å². The van der Waals surface area contributed by atoms with E-state index in [9.17, 15) is 14.9 Å². The van der Waals surface area contributed by atoms with Gasteiger partial charge in [0.25, 0.3) is 5.69 Å². The quantitative estimate of drug-likeness (QED) is 0.665. The number of benzene rings is 1. The van der Waals surface area contributed by atoms with Gasteiger partial charge >= 0.3 is 0 Å². The van der Waals surface area contributed by atoms with Crippen molar-refractivity contribution < 1.29 is 9.72 Å². The number of nitro groups is 1. The number of halogens is 2. The number of carbonyl (C=O) groups is 1. The lowest BCUT2D eigenvalue weighted by Gasteiger charge is -2.17. The number of likely N-dealkylation sites (N-methyl/N-ethyl adjacent to an activating group) is 2. The predicted octanol–water partition coefficient (Wildman–Crippen LogP) is 1.85. The Labute approximate surface area is 122 Å². The largest absolute Gasteiger partial charge is 0.340 e. The van der Waals surface area contributed by atoms with E-state index >= 15 is 0 Å². The molecule has 0 radical (unpaired) electrons. The summed E-state index contributed by atoms with van der Waals surface area (Å²) in [7, 11) is 3.29. The van der Waals surface area contributed by atoms with Gasteiger partial charge in [-0.3, -0.25) is 14.9 Å². The second-order valence-electron chi connectivity index (χ2n) is 3.81. The van der Waals surface area contributed by atoms with E-state index in [2.05, 4.69) is 5.32 Å². The fourth-order valence-corrected chi connectivity index (χ4v) is 1.60. The normalized spacial score (nSPS) is 9.63. The van der Waals surface area contributed by atoms with E-state index in [0.717, 1.165) is 0 Å². The van der Waals surface area contributed by atoms with E-state index in [1.165, 1.54) is 23.1 Å². The van der Waals surface area contributed by atoms with Gasteiger partial charge in [-0.05, 0) is 18.7 Å². The second kappa shape index (κ2) is 7.93. The first-order valence-corrected chi connectivity index (χ1v) is 5.65. The topological polar surface area (TPSA) is 75.5 Å². The molecule has 0 spiro atoms. The molecule has 0 fully saturated rings. The SMILES string of the molecule is CNCC(=O)N(C)Cc1cc([N+](=O)[O-])ccc1Cl.Cl. The van der Waals surface area contributed by atoms with Gasteiger partial charge in [-0.15, -0.1) is 12.4 Å². The fourth-order valence-electron chi connectivity index (χ4n) is 1.43. The molecule has 0 saturated heterocycles. The molecule has 0 atom stereocenters. The van der Waals surface area contributed by atoms with Crippen LogP contribution in [0.5, 0.6) is 0 Å². The lowest BCUT2D eigenvalue weighted by Crippen LogP contribution is -2.33.